The summed E-state index contributed by atoms with van der Waals surface area (Å²) in [6.45, 7) is 0.851. The van der Waals surface area contributed by atoms with Crippen molar-refractivity contribution in [3.8, 4) is 11.3 Å². The molecule has 46 heavy (non-hydrogen) atoms. The van der Waals surface area contributed by atoms with Crippen molar-refractivity contribution < 1.29 is 37.4 Å². The zero-order valence-electron chi connectivity index (χ0n) is 24.2. The van der Waals surface area contributed by atoms with Crippen LogP contribution in [0.25, 0.3) is 11.3 Å². The Morgan fingerprint density at radius 1 is 0.913 bits per heavy atom. The van der Waals surface area contributed by atoms with Crippen LogP contribution in [0.4, 0.5) is 41.1 Å². The van der Waals surface area contributed by atoms with Gasteiger partial charge in [-0.25, -0.2) is 24.5 Å². The predicted octanol–water partition coefficient (Wildman–Crippen LogP) is 5.28. The van der Waals surface area contributed by atoms with Gasteiger partial charge in [0.15, 0.2) is 0 Å². The van der Waals surface area contributed by atoms with E-state index in [1.165, 1.54) is 42.3 Å². The van der Waals surface area contributed by atoms with Crippen molar-refractivity contribution in [3.05, 3.63) is 89.7 Å². The number of halogens is 3. The summed E-state index contributed by atoms with van der Waals surface area (Å²) in [5, 5.41) is 15.0. The van der Waals surface area contributed by atoms with E-state index in [0.717, 1.165) is 18.3 Å². The Bertz CT molecular complexity index is 1820. The topological polar surface area (TPSA) is 150 Å². The Kier molecular flexibility index (Phi) is 7.90. The molecule has 2 atom stereocenters. The van der Waals surface area contributed by atoms with E-state index in [1.807, 2.05) is 4.90 Å². The number of aromatic nitrogens is 3. The van der Waals surface area contributed by atoms with Gasteiger partial charge >= 0.3 is 18.2 Å². The van der Waals surface area contributed by atoms with Crippen LogP contribution in [0.15, 0.2) is 73.1 Å². The SMILES string of the molecule is COC(=O)c1ccc(C(=O)Nc2cc(Nc3cc(C(F)(F)F)ccn3)nc(-c3ccnc(N4C[C@@H]5C[C@H]4CN5C(=O)O)c3)c2)cc1. The first-order chi connectivity index (χ1) is 22.0. The van der Waals surface area contributed by atoms with Gasteiger partial charge in [0.1, 0.15) is 17.5 Å². The Balaban J connectivity index is 1.31. The second kappa shape index (κ2) is 12.0. The Morgan fingerprint density at radius 2 is 1.65 bits per heavy atom. The maximum Gasteiger partial charge on any atom is 0.416 e. The molecule has 2 fully saturated rings. The van der Waals surface area contributed by atoms with Crippen molar-refractivity contribution in [2.75, 3.05) is 35.7 Å². The molecule has 0 radical (unpaired) electrons. The smallest absolute Gasteiger partial charge is 0.416 e. The minimum atomic E-state index is -4.58. The second-order valence-electron chi connectivity index (χ2n) is 10.7. The molecule has 236 valence electrons. The number of alkyl halides is 3. The molecule has 0 saturated carbocycles. The Hall–Kier alpha value is -5.73. The van der Waals surface area contributed by atoms with E-state index in [9.17, 15) is 32.7 Å². The highest BCUT2D eigenvalue weighted by molar-refractivity contribution is 6.05. The maximum atomic E-state index is 13.3. The fourth-order valence-electron chi connectivity index (χ4n) is 5.62. The Morgan fingerprint density at radius 3 is 2.33 bits per heavy atom. The van der Waals surface area contributed by atoms with Gasteiger partial charge in [0.05, 0.1) is 36.0 Å². The van der Waals surface area contributed by atoms with E-state index >= 15 is 0 Å². The molecule has 2 saturated heterocycles. The molecule has 0 spiro atoms. The molecule has 1 aromatic carbocycles. The van der Waals surface area contributed by atoms with Crippen LogP contribution in [0.1, 0.15) is 32.7 Å². The number of anilines is 4. The summed E-state index contributed by atoms with van der Waals surface area (Å²) in [5.74, 6) is -0.449. The normalized spacial score (nSPS) is 17.1. The number of nitrogens with one attached hydrogen (secondary N) is 2. The number of rotatable bonds is 7. The number of ether oxygens (including phenoxy) is 1. The number of fused-ring (bicyclic) bond motifs is 2. The van der Waals surface area contributed by atoms with Crippen LogP contribution in [0, 0.1) is 0 Å². The first kappa shape index (κ1) is 30.3. The summed E-state index contributed by atoms with van der Waals surface area (Å²) < 4.78 is 44.7. The van der Waals surface area contributed by atoms with Crippen molar-refractivity contribution in [3.63, 3.8) is 0 Å². The Labute approximate surface area is 259 Å². The molecule has 0 aliphatic carbocycles. The van der Waals surface area contributed by atoms with Gasteiger partial charge in [-0.1, -0.05) is 0 Å². The first-order valence-electron chi connectivity index (χ1n) is 14.0. The number of esters is 1. The lowest BCUT2D eigenvalue weighted by Crippen LogP contribution is -2.48. The van der Waals surface area contributed by atoms with E-state index in [-0.39, 0.29) is 40.5 Å². The number of methoxy groups -OCH3 is 1. The van der Waals surface area contributed by atoms with Crippen molar-refractivity contribution >= 4 is 41.1 Å². The maximum absolute atomic E-state index is 13.3. The lowest BCUT2D eigenvalue weighted by molar-refractivity contribution is -0.137. The van der Waals surface area contributed by atoms with Crippen molar-refractivity contribution in [2.24, 2.45) is 0 Å². The lowest BCUT2D eigenvalue weighted by Gasteiger charge is -2.33. The van der Waals surface area contributed by atoms with Crippen LogP contribution < -0.4 is 15.5 Å². The highest BCUT2D eigenvalue weighted by Gasteiger charge is 2.46. The standard InChI is InChI=1S/C31H26F3N7O5/c1-46-29(43)18-4-2-17(3-5-18)28(42)37-21-12-24(38-26(13-21)39-25-11-20(7-9-35-25)31(32,33)34)19-6-8-36-27(10-19)40-15-23-14-22(40)16-41(23)30(44)45/h2-13,22-23H,14-16H2,1H3,(H,44,45)(H2,35,37,38,39,42)/t22-,23-/m0/s1. The lowest BCUT2D eigenvalue weighted by atomic mass is 10.1. The van der Waals surface area contributed by atoms with Crippen LogP contribution in [0.2, 0.25) is 0 Å². The van der Waals surface area contributed by atoms with E-state index in [2.05, 4.69) is 25.6 Å². The molecule has 0 unspecified atom stereocenters. The van der Waals surface area contributed by atoms with Gasteiger partial charge in [-0.15, -0.1) is 0 Å². The van der Waals surface area contributed by atoms with Gasteiger partial charge in [-0.3, -0.25) is 4.79 Å². The molecule has 3 N–H and O–H groups in total. The minimum absolute atomic E-state index is 0.0304. The number of hydrogen-bond acceptors (Lipinski definition) is 9. The monoisotopic (exact) mass is 633 g/mol. The summed E-state index contributed by atoms with van der Waals surface area (Å²) in [7, 11) is 1.25. The van der Waals surface area contributed by atoms with Crippen LogP contribution in [-0.2, 0) is 10.9 Å². The molecule has 12 nitrogen and oxygen atoms in total. The molecule has 5 heterocycles. The minimum Gasteiger partial charge on any atom is -0.465 e. The molecule has 15 heteroatoms. The van der Waals surface area contributed by atoms with Crippen LogP contribution in [-0.4, -0.2) is 75.2 Å². The molecule has 2 amide bonds. The summed E-state index contributed by atoms with van der Waals surface area (Å²) in [4.78, 5) is 53.0. The number of amides is 2. The molecule has 3 aromatic heterocycles. The largest absolute Gasteiger partial charge is 0.465 e. The van der Waals surface area contributed by atoms with Crippen molar-refractivity contribution in [1.29, 1.82) is 0 Å². The molecule has 4 aromatic rings. The van der Waals surface area contributed by atoms with Crippen molar-refractivity contribution in [1.82, 2.24) is 19.9 Å². The molecule has 2 bridgehead atoms. The zero-order valence-corrected chi connectivity index (χ0v) is 24.2. The molecular weight excluding hydrogens is 607 g/mol. The summed E-state index contributed by atoms with van der Waals surface area (Å²) in [5.41, 5.74) is 0.851. The van der Waals surface area contributed by atoms with Crippen molar-refractivity contribution in [2.45, 2.75) is 24.7 Å². The first-order valence-corrected chi connectivity index (χ1v) is 14.0. The van der Waals surface area contributed by atoms with Crippen LogP contribution in [0.5, 0.6) is 0 Å². The quantitative estimate of drug-likeness (QED) is 0.230. The predicted molar refractivity (Wildman–Crippen MR) is 160 cm³/mol. The van der Waals surface area contributed by atoms with E-state index in [4.69, 9.17) is 4.74 Å². The number of carbonyl (C=O) groups excluding carboxylic acids is 2. The number of hydrogen-bond donors (Lipinski definition) is 3. The van der Waals surface area contributed by atoms with Gasteiger partial charge < -0.3 is 30.3 Å². The number of carbonyl (C=O) groups is 3. The fourth-order valence-corrected chi connectivity index (χ4v) is 5.62. The van der Waals surface area contributed by atoms with E-state index in [0.29, 0.717) is 36.6 Å². The second-order valence-corrected chi connectivity index (χ2v) is 10.7. The van der Waals surface area contributed by atoms with Gasteiger partial charge in [-0.2, -0.15) is 13.2 Å². The highest BCUT2D eigenvalue weighted by Crippen LogP contribution is 2.36. The third kappa shape index (κ3) is 6.24. The summed E-state index contributed by atoms with van der Waals surface area (Å²) >= 11 is 0. The van der Waals surface area contributed by atoms with Gasteiger partial charge in [0, 0.05) is 48.4 Å². The van der Waals surface area contributed by atoms with Gasteiger partial charge in [0.25, 0.3) is 5.91 Å². The van der Waals surface area contributed by atoms with E-state index < -0.39 is 29.7 Å². The number of benzene rings is 1. The molecule has 2 aliphatic heterocycles. The fraction of sp³-hybridized carbons (Fsp3) is 0.226. The summed E-state index contributed by atoms with van der Waals surface area (Å²) in [6.07, 6.45) is -2.23. The molecule has 2 aliphatic rings. The molecular formula is C31H26F3N7O5. The third-order valence-corrected chi connectivity index (χ3v) is 7.82. The highest BCUT2D eigenvalue weighted by atomic mass is 19.4. The average Bonchev–Trinajstić information content (AvgIpc) is 3.66. The van der Waals surface area contributed by atoms with Crippen LogP contribution >= 0.6 is 0 Å². The number of nitrogens with zero attached hydrogens (tertiary/aromatic N) is 5. The van der Waals surface area contributed by atoms with Crippen LogP contribution in [0.3, 0.4) is 0 Å². The number of pyridine rings is 3. The number of carboxylic acid groups (broad SMARTS) is 1. The van der Waals surface area contributed by atoms with Gasteiger partial charge in [0.2, 0.25) is 0 Å². The van der Waals surface area contributed by atoms with Gasteiger partial charge in [-0.05, 0) is 61.0 Å². The third-order valence-electron chi connectivity index (χ3n) is 7.82. The molecule has 6 rings (SSSR count). The zero-order chi connectivity index (χ0) is 32.6. The number of piperazine rings is 1. The average molecular weight is 634 g/mol. The van der Waals surface area contributed by atoms with E-state index in [1.54, 1.807) is 24.4 Å². The number of likely N-dealkylation sites (tertiary alicyclic amines) is 1. The summed E-state index contributed by atoms with van der Waals surface area (Å²) in [6, 6.07) is 13.9.